The van der Waals surface area contributed by atoms with Gasteiger partial charge < -0.3 is 19.7 Å². The zero-order valence-electron chi connectivity index (χ0n) is 15.2. The molecule has 1 aromatic carbocycles. The van der Waals surface area contributed by atoms with Crippen LogP contribution in [0.2, 0.25) is 0 Å². The van der Waals surface area contributed by atoms with Crippen LogP contribution in [-0.2, 0) is 9.47 Å². The van der Waals surface area contributed by atoms with E-state index in [1.54, 1.807) is 0 Å². The van der Waals surface area contributed by atoms with Gasteiger partial charge >= 0.3 is 0 Å². The molecule has 0 spiro atoms. The topological polar surface area (TPSA) is 50.8 Å². The minimum atomic E-state index is -0.0335. The summed E-state index contributed by atoms with van der Waals surface area (Å²) in [4.78, 5) is 14.5. The van der Waals surface area contributed by atoms with Crippen molar-refractivity contribution < 1.29 is 14.3 Å². The number of hydrogen-bond acceptors (Lipinski definition) is 4. The van der Waals surface area contributed by atoms with Crippen molar-refractivity contribution in [3.05, 3.63) is 29.8 Å². The maximum absolute atomic E-state index is 12.2. The highest BCUT2D eigenvalue weighted by molar-refractivity contribution is 5.94. The Balaban J connectivity index is 1.40. The van der Waals surface area contributed by atoms with Gasteiger partial charge in [-0.25, -0.2) is 0 Å². The van der Waals surface area contributed by atoms with Crippen LogP contribution in [0.15, 0.2) is 24.3 Å². The Morgan fingerprint density at radius 3 is 2.64 bits per heavy atom. The van der Waals surface area contributed by atoms with E-state index in [1.807, 2.05) is 24.3 Å². The Morgan fingerprint density at radius 1 is 1.20 bits per heavy atom. The average molecular weight is 346 g/mol. The average Bonchev–Trinajstić information content (AvgIpc) is 2.67. The molecule has 1 aliphatic heterocycles. The lowest BCUT2D eigenvalue weighted by Gasteiger charge is -2.29. The fourth-order valence-electron chi connectivity index (χ4n) is 3.65. The van der Waals surface area contributed by atoms with Gasteiger partial charge in [-0.2, -0.15) is 0 Å². The van der Waals surface area contributed by atoms with E-state index in [0.29, 0.717) is 30.7 Å². The Bertz CT molecular complexity index is 540. The van der Waals surface area contributed by atoms with Crippen molar-refractivity contribution in [3.8, 4) is 0 Å². The van der Waals surface area contributed by atoms with Crippen molar-refractivity contribution in [2.24, 2.45) is 5.92 Å². The Hall–Kier alpha value is -1.59. The number of hydrogen-bond donors (Lipinski definition) is 1. The first-order chi connectivity index (χ1) is 12.2. The monoisotopic (exact) mass is 346 g/mol. The predicted octanol–water partition coefficient (Wildman–Crippen LogP) is 2.85. The lowest BCUT2D eigenvalue weighted by atomic mass is 9.88. The maximum Gasteiger partial charge on any atom is 0.251 e. The summed E-state index contributed by atoms with van der Waals surface area (Å²) >= 11 is 0. The molecule has 25 heavy (non-hydrogen) atoms. The summed E-state index contributed by atoms with van der Waals surface area (Å²) in [6.07, 6.45) is 5.35. The van der Waals surface area contributed by atoms with Gasteiger partial charge in [0.05, 0.1) is 25.9 Å². The molecular formula is C20H30N2O3. The molecule has 5 nitrogen and oxygen atoms in total. The number of morpholine rings is 1. The molecule has 1 amide bonds. The van der Waals surface area contributed by atoms with Crippen molar-refractivity contribution in [3.63, 3.8) is 0 Å². The minimum absolute atomic E-state index is 0.0335. The number of nitrogens with one attached hydrogen (secondary N) is 1. The summed E-state index contributed by atoms with van der Waals surface area (Å²) in [5.41, 5.74) is 1.84. The molecule has 138 valence electrons. The van der Waals surface area contributed by atoms with E-state index in [-0.39, 0.29) is 5.91 Å². The van der Waals surface area contributed by atoms with Crippen LogP contribution in [0.5, 0.6) is 0 Å². The summed E-state index contributed by atoms with van der Waals surface area (Å²) < 4.78 is 11.3. The summed E-state index contributed by atoms with van der Waals surface area (Å²) in [7, 11) is 0. The largest absolute Gasteiger partial charge is 0.378 e. The first-order valence-corrected chi connectivity index (χ1v) is 9.56. The third-order valence-corrected chi connectivity index (χ3v) is 5.26. The highest BCUT2D eigenvalue weighted by atomic mass is 16.5. The van der Waals surface area contributed by atoms with Crippen LogP contribution in [0.1, 0.15) is 43.0 Å². The zero-order valence-corrected chi connectivity index (χ0v) is 15.2. The summed E-state index contributed by atoms with van der Waals surface area (Å²) in [6, 6.07) is 7.81. The molecule has 1 N–H and O–H groups in total. The van der Waals surface area contributed by atoms with Crippen molar-refractivity contribution in [1.29, 1.82) is 0 Å². The van der Waals surface area contributed by atoms with Crippen molar-refractivity contribution in [2.45, 2.75) is 38.7 Å². The van der Waals surface area contributed by atoms with Gasteiger partial charge in [-0.1, -0.05) is 19.8 Å². The molecule has 2 fully saturated rings. The van der Waals surface area contributed by atoms with Crippen LogP contribution in [0.4, 0.5) is 5.69 Å². The molecule has 1 heterocycles. The van der Waals surface area contributed by atoms with Crippen molar-refractivity contribution in [2.75, 3.05) is 44.4 Å². The summed E-state index contributed by atoms with van der Waals surface area (Å²) in [5, 5.41) is 2.95. The van der Waals surface area contributed by atoms with Gasteiger partial charge in [-0.05, 0) is 43.0 Å². The standard InChI is InChI=1S/C20H30N2O3/c1-16-4-2-3-5-19(16)25-13-10-21-20(23)17-6-8-18(9-7-17)22-11-14-24-15-12-22/h6-9,16,19H,2-5,10-15H2,1H3,(H,21,23)/t16-,19+/m1/s1. The Labute approximate surface area is 150 Å². The molecule has 0 bridgehead atoms. The Morgan fingerprint density at radius 2 is 1.92 bits per heavy atom. The number of ether oxygens (including phenoxy) is 2. The van der Waals surface area contributed by atoms with E-state index >= 15 is 0 Å². The number of benzene rings is 1. The minimum Gasteiger partial charge on any atom is -0.378 e. The molecule has 1 saturated heterocycles. The van der Waals surface area contributed by atoms with Gasteiger partial charge in [0, 0.05) is 30.9 Å². The van der Waals surface area contributed by atoms with Crippen LogP contribution in [-0.4, -0.2) is 51.5 Å². The zero-order chi connectivity index (χ0) is 17.5. The normalized spacial score (nSPS) is 24.1. The summed E-state index contributed by atoms with van der Waals surface area (Å²) in [6.45, 7) is 6.76. The lowest BCUT2D eigenvalue weighted by molar-refractivity contribution is -0.00293. The lowest BCUT2D eigenvalue weighted by Crippen LogP contribution is -2.36. The van der Waals surface area contributed by atoms with Crippen LogP contribution in [0, 0.1) is 5.92 Å². The fraction of sp³-hybridized carbons (Fsp3) is 0.650. The molecule has 1 aromatic rings. The van der Waals surface area contributed by atoms with Crippen molar-refractivity contribution >= 4 is 11.6 Å². The highest BCUT2D eigenvalue weighted by Gasteiger charge is 2.21. The molecule has 1 aliphatic carbocycles. The van der Waals surface area contributed by atoms with Crippen LogP contribution < -0.4 is 10.2 Å². The highest BCUT2D eigenvalue weighted by Crippen LogP contribution is 2.26. The van der Waals surface area contributed by atoms with Gasteiger partial charge in [-0.15, -0.1) is 0 Å². The van der Waals surface area contributed by atoms with Gasteiger partial charge in [0.1, 0.15) is 0 Å². The molecule has 0 radical (unpaired) electrons. The van der Waals surface area contributed by atoms with E-state index < -0.39 is 0 Å². The SMILES string of the molecule is C[C@@H]1CCCC[C@@H]1OCCNC(=O)c1ccc(N2CCOCC2)cc1. The first-order valence-electron chi connectivity index (χ1n) is 9.56. The number of amides is 1. The predicted molar refractivity (Wildman–Crippen MR) is 99.2 cm³/mol. The summed E-state index contributed by atoms with van der Waals surface area (Å²) in [5.74, 6) is 0.603. The van der Waals surface area contributed by atoms with Crippen LogP contribution in [0.3, 0.4) is 0 Å². The number of carbonyl (C=O) groups is 1. The molecule has 5 heteroatoms. The van der Waals surface area contributed by atoms with E-state index in [1.165, 1.54) is 19.3 Å². The van der Waals surface area contributed by atoms with Gasteiger partial charge in [0.2, 0.25) is 0 Å². The third kappa shape index (κ3) is 5.19. The third-order valence-electron chi connectivity index (χ3n) is 5.26. The maximum atomic E-state index is 12.2. The second kappa shape index (κ2) is 9.20. The molecular weight excluding hydrogens is 316 g/mol. The van der Waals surface area contributed by atoms with Crippen molar-refractivity contribution in [1.82, 2.24) is 5.32 Å². The molecule has 2 aliphatic rings. The molecule has 2 atom stereocenters. The quantitative estimate of drug-likeness (QED) is 0.805. The van der Waals surface area contributed by atoms with Gasteiger partial charge in [-0.3, -0.25) is 4.79 Å². The number of carbonyl (C=O) groups excluding carboxylic acids is 1. The number of rotatable bonds is 6. The molecule has 0 aromatic heterocycles. The number of anilines is 1. The van der Waals surface area contributed by atoms with Crippen LogP contribution in [0.25, 0.3) is 0 Å². The smallest absolute Gasteiger partial charge is 0.251 e. The van der Waals surface area contributed by atoms with Crippen LogP contribution >= 0.6 is 0 Å². The molecule has 0 unspecified atom stereocenters. The van der Waals surface area contributed by atoms with E-state index in [9.17, 15) is 4.79 Å². The van der Waals surface area contributed by atoms with Gasteiger partial charge in [0.25, 0.3) is 5.91 Å². The molecule has 3 rings (SSSR count). The van der Waals surface area contributed by atoms with Gasteiger partial charge in [0.15, 0.2) is 0 Å². The van der Waals surface area contributed by atoms with E-state index in [0.717, 1.165) is 38.4 Å². The Kier molecular flexibility index (Phi) is 6.70. The second-order valence-electron chi connectivity index (χ2n) is 7.07. The van der Waals surface area contributed by atoms with E-state index in [2.05, 4.69) is 17.1 Å². The fourth-order valence-corrected chi connectivity index (χ4v) is 3.65. The second-order valence-corrected chi connectivity index (χ2v) is 7.07. The first kappa shape index (κ1) is 18.2. The van der Waals surface area contributed by atoms with E-state index in [4.69, 9.17) is 9.47 Å². The number of nitrogens with zero attached hydrogens (tertiary/aromatic N) is 1. The molecule has 1 saturated carbocycles.